The number of esters is 1. The molecule has 9 heteroatoms. The lowest BCUT2D eigenvalue weighted by molar-refractivity contribution is -0.148. The molecule has 0 aliphatic heterocycles. The zero-order valence-electron chi connectivity index (χ0n) is 15.8. The third kappa shape index (κ3) is 7.81. The Morgan fingerprint density at radius 2 is 1.77 bits per heavy atom. The molecule has 0 radical (unpaired) electrons. The Labute approximate surface area is 157 Å². The van der Waals surface area contributed by atoms with Gasteiger partial charge in [0, 0.05) is 24.4 Å². The van der Waals surface area contributed by atoms with Gasteiger partial charge < -0.3 is 10.1 Å². The third-order valence-electron chi connectivity index (χ3n) is 3.45. The largest absolute Gasteiger partial charge is 0.456 e. The van der Waals surface area contributed by atoms with Crippen molar-refractivity contribution in [3.8, 4) is 0 Å². The number of aryl methyl sites for hydroxylation is 2. The zero-order chi connectivity index (χ0) is 19.7. The lowest BCUT2D eigenvalue weighted by Crippen LogP contribution is -2.42. The molecule has 0 aromatic carbocycles. The van der Waals surface area contributed by atoms with Gasteiger partial charge in [0.2, 0.25) is 0 Å². The van der Waals surface area contributed by atoms with E-state index in [0.29, 0.717) is 18.1 Å². The standard InChI is InChI=1S/C17H26N4O4S/c1-10(2)8-18-16(24)21-14(22)9-25-15(23)7-6-13-11(3)19-17(26-5)20-12(13)4/h10H,6-9H2,1-5H3,(H2,18,21,22,24). The van der Waals surface area contributed by atoms with E-state index in [1.807, 2.05) is 34.0 Å². The first-order valence-electron chi connectivity index (χ1n) is 8.34. The molecule has 1 aromatic rings. The highest BCUT2D eigenvalue weighted by atomic mass is 32.2. The molecule has 1 rings (SSSR count). The smallest absolute Gasteiger partial charge is 0.321 e. The summed E-state index contributed by atoms with van der Waals surface area (Å²) in [6, 6.07) is -0.600. The minimum absolute atomic E-state index is 0.108. The number of urea groups is 1. The maximum Gasteiger partial charge on any atom is 0.321 e. The van der Waals surface area contributed by atoms with Crippen LogP contribution in [0.2, 0.25) is 0 Å². The molecule has 0 bridgehead atoms. The Bertz CT molecular complexity index is 641. The van der Waals surface area contributed by atoms with Crippen molar-refractivity contribution in [1.82, 2.24) is 20.6 Å². The predicted octanol–water partition coefficient (Wildman–Crippen LogP) is 1.77. The quantitative estimate of drug-likeness (QED) is 0.400. The number of amides is 3. The van der Waals surface area contributed by atoms with Crippen molar-refractivity contribution in [2.24, 2.45) is 5.92 Å². The molecular formula is C17H26N4O4S. The van der Waals surface area contributed by atoms with Crippen LogP contribution in [0.25, 0.3) is 0 Å². The molecule has 144 valence electrons. The fourth-order valence-electron chi connectivity index (χ4n) is 2.11. The van der Waals surface area contributed by atoms with Gasteiger partial charge in [-0.05, 0) is 38.0 Å². The first-order valence-corrected chi connectivity index (χ1v) is 9.56. The first kappa shape index (κ1) is 21.9. The monoisotopic (exact) mass is 382 g/mol. The summed E-state index contributed by atoms with van der Waals surface area (Å²) in [6.07, 6.45) is 2.44. The number of nitrogens with one attached hydrogen (secondary N) is 2. The number of aromatic nitrogens is 2. The summed E-state index contributed by atoms with van der Waals surface area (Å²) in [5.74, 6) is -0.912. The van der Waals surface area contributed by atoms with E-state index in [-0.39, 0.29) is 12.3 Å². The number of hydrogen-bond acceptors (Lipinski definition) is 7. The molecule has 0 aliphatic rings. The molecule has 0 aliphatic carbocycles. The van der Waals surface area contributed by atoms with E-state index >= 15 is 0 Å². The van der Waals surface area contributed by atoms with Crippen molar-refractivity contribution >= 4 is 29.7 Å². The molecule has 1 heterocycles. The van der Waals surface area contributed by atoms with E-state index in [0.717, 1.165) is 17.0 Å². The van der Waals surface area contributed by atoms with Gasteiger partial charge in [-0.1, -0.05) is 25.6 Å². The van der Waals surface area contributed by atoms with Gasteiger partial charge in [0.15, 0.2) is 11.8 Å². The molecule has 26 heavy (non-hydrogen) atoms. The normalized spacial score (nSPS) is 10.5. The van der Waals surface area contributed by atoms with Gasteiger partial charge in [-0.15, -0.1) is 0 Å². The first-order chi connectivity index (χ1) is 12.2. The van der Waals surface area contributed by atoms with E-state index in [1.54, 1.807) is 0 Å². The minimum atomic E-state index is -0.667. The van der Waals surface area contributed by atoms with Crippen LogP contribution in [0, 0.1) is 19.8 Å². The number of carbonyl (C=O) groups is 3. The molecule has 0 atom stereocenters. The van der Waals surface area contributed by atoms with Gasteiger partial charge in [0.05, 0.1) is 0 Å². The van der Waals surface area contributed by atoms with Crippen LogP contribution in [0.15, 0.2) is 5.16 Å². The Balaban J connectivity index is 2.39. The highest BCUT2D eigenvalue weighted by molar-refractivity contribution is 7.98. The van der Waals surface area contributed by atoms with Crippen molar-refractivity contribution in [1.29, 1.82) is 0 Å². The molecule has 0 saturated carbocycles. The average Bonchev–Trinajstić information content (AvgIpc) is 2.57. The van der Waals surface area contributed by atoms with Crippen molar-refractivity contribution in [2.75, 3.05) is 19.4 Å². The van der Waals surface area contributed by atoms with Crippen molar-refractivity contribution in [3.05, 3.63) is 17.0 Å². The summed E-state index contributed by atoms with van der Waals surface area (Å²) in [6.45, 7) is 7.58. The maximum atomic E-state index is 11.8. The van der Waals surface area contributed by atoms with Crippen molar-refractivity contribution in [2.45, 2.75) is 45.7 Å². The van der Waals surface area contributed by atoms with E-state index < -0.39 is 24.5 Å². The number of thioether (sulfide) groups is 1. The van der Waals surface area contributed by atoms with Gasteiger partial charge in [-0.25, -0.2) is 14.8 Å². The van der Waals surface area contributed by atoms with E-state index in [9.17, 15) is 14.4 Å². The van der Waals surface area contributed by atoms with E-state index in [1.165, 1.54) is 11.8 Å². The second-order valence-electron chi connectivity index (χ2n) is 6.17. The molecule has 0 saturated heterocycles. The molecular weight excluding hydrogens is 356 g/mol. The number of nitrogens with zero attached hydrogens (tertiary/aromatic N) is 2. The summed E-state index contributed by atoms with van der Waals surface area (Å²) in [5.41, 5.74) is 2.56. The summed E-state index contributed by atoms with van der Waals surface area (Å²) in [5, 5.41) is 5.34. The van der Waals surface area contributed by atoms with E-state index in [2.05, 4.69) is 20.6 Å². The van der Waals surface area contributed by atoms with Crippen LogP contribution in [-0.4, -0.2) is 47.3 Å². The Morgan fingerprint density at radius 3 is 2.31 bits per heavy atom. The average molecular weight is 382 g/mol. The molecule has 0 unspecified atom stereocenters. The third-order valence-corrected chi connectivity index (χ3v) is 4.00. The number of rotatable bonds is 8. The van der Waals surface area contributed by atoms with Gasteiger partial charge in [0.1, 0.15) is 0 Å². The van der Waals surface area contributed by atoms with Gasteiger partial charge in [-0.2, -0.15) is 0 Å². The molecule has 8 nitrogen and oxygen atoms in total. The van der Waals surface area contributed by atoms with Gasteiger partial charge >= 0.3 is 12.0 Å². The summed E-state index contributed by atoms with van der Waals surface area (Å²) in [7, 11) is 0. The number of imide groups is 1. The Kier molecular flexibility index (Phi) is 9.04. The maximum absolute atomic E-state index is 11.8. The molecule has 3 amide bonds. The molecule has 0 fully saturated rings. The van der Waals surface area contributed by atoms with Crippen molar-refractivity contribution in [3.63, 3.8) is 0 Å². The van der Waals surface area contributed by atoms with Crippen LogP contribution in [0.1, 0.15) is 37.2 Å². The zero-order valence-corrected chi connectivity index (χ0v) is 16.7. The summed E-state index contributed by atoms with van der Waals surface area (Å²) in [4.78, 5) is 43.6. The number of carbonyl (C=O) groups excluding carboxylic acids is 3. The summed E-state index contributed by atoms with van der Waals surface area (Å²) < 4.78 is 4.90. The SMILES string of the molecule is CSc1nc(C)c(CCC(=O)OCC(=O)NC(=O)NCC(C)C)c(C)n1. The topological polar surface area (TPSA) is 110 Å². The molecule has 1 aromatic heterocycles. The molecule has 2 N–H and O–H groups in total. The molecule has 0 spiro atoms. The lowest BCUT2D eigenvalue weighted by atomic mass is 10.1. The van der Waals surface area contributed by atoms with Crippen LogP contribution < -0.4 is 10.6 Å². The van der Waals surface area contributed by atoms with Gasteiger partial charge in [0.25, 0.3) is 5.91 Å². The van der Waals surface area contributed by atoms with Gasteiger partial charge in [-0.3, -0.25) is 14.9 Å². The Morgan fingerprint density at radius 1 is 1.15 bits per heavy atom. The fourth-order valence-corrected chi connectivity index (χ4v) is 2.57. The lowest BCUT2D eigenvalue weighted by Gasteiger charge is -2.10. The number of hydrogen-bond donors (Lipinski definition) is 2. The minimum Gasteiger partial charge on any atom is -0.456 e. The summed E-state index contributed by atoms with van der Waals surface area (Å²) >= 11 is 1.46. The van der Waals surface area contributed by atoms with Crippen molar-refractivity contribution < 1.29 is 19.1 Å². The fraction of sp³-hybridized carbons (Fsp3) is 0.588. The second kappa shape index (κ2) is 10.7. The van der Waals surface area contributed by atoms with Crippen LogP contribution in [0.4, 0.5) is 4.79 Å². The van der Waals surface area contributed by atoms with Crippen LogP contribution >= 0.6 is 11.8 Å². The van der Waals surface area contributed by atoms with E-state index in [4.69, 9.17) is 4.74 Å². The Hall–Kier alpha value is -2.16. The highest BCUT2D eigenvalue weighted by Gasteiger charge is 2.14. The van der Waals surface area contributed by atoms with Crippen LogP contribution in [0.3, 0.4) is 0 Å². The second-order valence-corrected chi connectivity index (χ2v) is 6.95. The highest BCUT2D eigenvalue weighted by Crippen LogP contribution is 2.17. The predicted molar refractivity (Wildman–Crippen MR) is 98.9 cm³/mol. The number of ether oxygens (including phenoxy) is 1. The van der Waals surface area contributed by atoms with Crippen LogP contribution in [-0.2, 0) is 20.7 Å². The van der Waals surface area contributed by atoms with Crippen LogP contribution in [0.5, 0.6) is 0 Å².